The van der Waals surface area contributed by atoms with Crippen molar-refractivity contribution in [1.82, 2.24) is 5.32 Å². The van der Waals surface area contributed by atoms with Gasteiger partial charge in [0.2, 0.25) is 15.9 Å². The molecule has 0 radical (unpaired) electrons. The van der Waals surface area contributed by atoms with Gasteiger partial charge in [-0.15, -0.1) is 0 Å². The number of nitrogens with zero attached hydrogens (tertiary/aromatic N) is 1. The van der Waals surface area contributed by atoms with Crippen LogP contribution in [0.2, 0.25) is 0 Å². The van der Waals surface area contributed by atoms with Gasteiger partial charge in [0.15, 0.2) is 0 Å². The average Bonchev–Trinajstić information content (AvgIpc) is 2.52. The number of hydrogen-bond acceptors (Lipinski definition) is 3. The number of benzene rings is 2. The largest absolute Gasteiger partial charge is 0.350 e. The lowest BCUT2D eigenvalue weighted by atomic mass is 10.1. The van der Waals surface area contributed by atoms with Gasteiger partial charge in [-0.25, -0.2) is 8.42 Å². The Kier molecular flexibility index (Phi) is 6.01. The maximum Gasteiger partial charge on any atom is 0.241 e. The van der Waals surface area contributed by atoms with E-state index in [4.69, 9.17) is 0 Å². The molecule has 0 aliphatic heterocycles. The number of amides is 1. The molecule has 0 atom stereocenters. The normalized spacial score (nSPS) is 11.1. The molecule has 24 heavy (non-hydrogen) atoms. The number of carbonyl (C=O) groups excluding carboxylic acids is 1. The molecule has 0 spiro atoms. The van der Waals surface area contributed by atoms with Gasteiger partial charge in [0, 0.05) is 11.0 Å². The van der Waals surface area contributed by atoms with E-state index in [0.717, 1.165) is 26.2 Å². The second-order valence-corrected chi connectivity index (χ2v) is 8.33. The van der Waals surface area contributed by atoms with Crippen LogP contribution in [0, 0.1) is 6.92 Å². The van der Waals surface area contributed by atoms with Gasteiger partial charge in [-0.3, -0.25) is 9.10 Å². The molecule has 0 bridgehead atoms. The minimum atomic E-state index is -3.56. The Morgan fingerprint density at radius 1 is 1.08 bits per heavy atom. The van der Waals surface area contributed by atoms with Crippen molar-refractivity contribution < 1.29 is 13.2 Å². The van der Waals surface area contributed by atoms with Crippen LogP contribution in [0.4, 0.5) is 5.69 Å². The van der Waals surface area contributed by atoms with E-state index < -0.39 is 10.0 Å². The predicted molar refractivity (Wildman–Crippen MR) is 99.4 cm³/mol. The molecular formula is C17H19BrN2O3S. The summed E-state index contributed by atoms with van der Waals surface area (Å²) in [5.41, 5.74) is 2.55. The Bertz CT molecular complexity index is 803. The Hall–Kier alpha value is -1.86. The van der Waals surface area contributed by atoms with Crippen LogP contribution in [0.25, 0.3) is 0 Å². The highest BCUT2D eigenvalue weighted by Crippen LogP contribution is 2.20. The zero-order chi connectivity index (χ0) is 17.7. The number of halogens is 1. The first-order valence-corrected chi connectivity index (χ1v) is 9.95. The number of aryl methyl sites for hydroxylation is 1. The van der Waals surface area contributed by atoms with E-state index in [-0.39, 0.29) is 12.5 Å². The minimum Gasteiger partial charge on any atom is -0.350 e. The molecule has 0 unspecified atom stereocenters. The summed E-state index contributed by atoms with van der Waals surface area (Å²) >= 11 is 3.30. The number of carbonyl (C=O) groups is 1. The third-order valence-corrected chi connectivity index (χ3v) is 5.08. The van der Waals surface area contributed by atoms with Gasteiger partial charge in [-0.1, -0.05) is 45.8 Å². The third kappa shape index (κ3) is 5.35. The molecule has 0 aromatic heterocycles. The van der Waals surface area contributed by atoms with Crippen molar-refractivity contribution in [3.8, 4) is 0 Å². The van der Waals surface area contributed by atoms with E-state index in [1.54, 1.807) is 24.3 Å². The van der Waals surface area contributed by atoms with Crippen molar-refractivity contribution in [3.05, 3.63) is 64.1 Å². The van der Waals surface area contributed by atoms with Crippen molar-refractivity contribution in [2.75, 3.05) is 17.1 Å². The fraction of sp³-hybridized carbons (Fsp3) is 0.235. The fourth-order valence-corrected chi connectivity index (χ4v) is 3.22. The molecule has 0 saturated heterocycles. The van der Waals surface area contributed by atoms with Crippen LogP contribution < -0.4 is 9.62 Å². The van der Waals surface area contributed by atoms with Gasteiger partial charge >= 0.3 is 0 Å². The molecule has 7 heteroatoms. The highest BCUT2D eigenvalue weighted by molar-refractivity contribution is 9.10. The van der Waals surface area contributed by atoms with Crippen molar-refractivity contribution in [1.29, 1.82) is 0 Å². The molecule has 1 amide bonds. The molecule has 0 aliphatic rings. The van der Waals surface area contributed by atoms with Crippen LogP contribution in [-0.2, 0) is 21.4 Å². The molecule has 0 saturated carbocycles. The van der Waals surface area contributed by atoms with Crippen molar-refractivity contribution >= 4 is 37.5 Å². The molecule has 0 fully saturated rings. The number of sulfonamides is 1. The lowest BCUT2D eigenvalue weighted by Gasteiger charge is -2.22. The number of rotatable bonds is 6. The van der Waals surface area contributed by atoms with Gasteiger partial charge < -0.3 is 5.32 Å². The van der Waals surface area contributed by atoms with Crippen LogP contribution in [0.5, 0.6) is 0 Å². The lowest BCUT2D eigenvalue weighted by Crippen LogP contribution is -2.40. The van der Waals surface area contributed by atoms with Gasteiger partial charge in [-0.2, -0.15) is 0 Å². The van der Waals surface area contributed by atoms with E-state index in [0.29, 0.717) is 12.2 Å². The van der Waals surface area contributed by atoms with E-state index >= 15 is 0 Å². The van der Waals surface area contributed by atoms with Crippen molar-refractivity contribution in [3.63, 3.8) is 0 Å². The predicted octanol–water partition coefficient (Wildman–Crippen LogP) is 2.84. The maximum atomic E-state index is 12.2. The first-order chi connectivity index (χ1) is 11.3. The molecular weight excluding hydrogens is 392 g/mol. The molecule has 0 aliphatic carbocycles. The molecule has 2 rings (SSSR count). The Morgan fingerprint density at radius 3 is 2.21 bits per heavy atom. The maximum absolute atomic E-state index is 12.2. The third-order valence-electron chi connectivity index (χ3n) is 3.41. The quantitative estimate of drug-likeness (QED) is 0.795. The molecule has 128 valence electrons. The second kappa shape index (κ2) is 7.81. The number of anilines is 1. The Morgan fingerprint density at radius 2 is 1.67 bits per heavy atom. The van der Waals surface area contributed by atoms with E-state index in [2.05, 4.69) is 21.2 Å². The number of hydrogen-bond donors (Lipinski definition) is 1. The summed E-state index contributed by atoms with van der Waals surface area (Å²) in [5, 5.41) is 2.75. The first-order valence-electron chi connectivity index (χ1n) is 7.31. The standard InChI is InChI=1S/C17H19BrN2O3S/c1-13-3-5-14(6-4-13)11-19-17(21)12-20(24(2,22)23)16-9-7-15(18)8-10-16/h3-10H,11-12H2,1-2H3,(H,19,21). The molecule has 2 aromatic carbocycles. The molecule has 5 nitrogen and oxygen atoms in total. The first kappa shape index (κ1) is 18.5. The van der Waals surface area contributed by atoms with Crippen LogP contribution in [0.1, 0.15) is 11.1 Å². The zero-order valence-corrected chi connectivity index (χ0v) is 15.9. The monoisotopic (exact) mass is 410 g/mol. The minimum absolute atomic E-state index is 0.258. The number of nitrogens with one attached hydrogen (secondary N) is 1. The fourth-order valence-electron chi connectivity index (χ4n) is 2.10. The van der Waals surface area contributed by atoms with Crippen LogP contribution in [0.15, 0.2) is 53.0 Å². The SMILES string of the molecule is Cc1ccc(CNC(=O)CN(c2ccc(Br)cc2)S(C)(=O)=O)cc1. The molecule has 2 aromatic rings. The van der Waals surface area contributed by atoms with E-state index in [1.807, 2.05) is 31.2 Å². The summed E-state index contributed by atoms with van der Waals surface area (Å²) in [6.07, 6.45) is 1.09. The summed E-state index contributed by atoms with van der Waals surface area (Å²) in [6, 6.07) is 14.6. The van der Waals surface area contributed by atoms with Gasteiger partial charge in [0.25, 0.3) is 0 Å². The summed E-state index contributed by atoms with van der Waals surface area (Å²) < 4.78 is 25.9. The van der Waals surface area contributed by atoms with E-state index in [9.17, 15) is 13.2 Å². The lowest BCUT2D eigenvalue weighted by molar-refractivity contribution is -0.119. The second-order valence-electron chi connectivity index (χ2n) is 5.51. The van der Waals surface area contributed by atoms with Gasteiger partial charge in [0.05, 0.1) is 11.9 Å². The summed E-state index contributed by atoms with van der Waals surface area (Å²) in [4.78, 5) is 12.2. The van der Waals surface area contributed by atoms with Crippen LogP contribution in [-0.4, -0.2) is 27.1 Å². The summed E-state index contributed by atoms with van der Waals surface area (Å²) in [5.74, 6) is -0.357. The smallest absolute Gasteiger partial charge is 0.241 e. The zero-order valence-electron chi connectivity index (χ0n) is 13.5. The summed E-state index contributed by atoms with van der Waals surface area (Å²) in [7, 11) is -3.56. The highest BCUT2D eigenvalue weighted by atomic mass is 79.9. The van der Waals surface area contributed by atoms with Crippen molar-refractivity contribution in [2.24, 2.45) is 0 Å². The van der Waals surface area contributed by atoms with Crippen molar-refractivity contribution in [2.45, 2.75) is 13.5 Å². The highest BCUT2D eigenvalue weighted by Gasteiger charge is 2.20. The van der Waals surface area contributed by atoms with Crippen LogP contribution >= 0.6 is 15.9 Å². The van der Waals surface area contributed by atoms with E-state index in [1.165, 1.54) is 0 Å². The Labute approximate surface area is 150 Å². The Balaban J connectivity index is 2.05. The van der Waals surface area contributed by atoms with Gasteiger partial charge in [0.1, 0.15) is 6.54 Å². The summed E-state index contributed by atoms with van der Waals surface area (Å²) in [6.45, 7) is 2.09. The van der Waals surface area contributed by atoms with Gasteiger partial charge in [-0.05, 0) is 36.8 Å². The van der Waals surface area contributed by atoms with Crippen LogP contribution in [0.3, 0.4) is 0 Å². The molecule has 1 N–H and O–H groups in total. The average molecular weight is 411 g/mol. The topological polar surface area (TPSA) is 66.5 Å². The molecule has 0 heterocycles.